The van der Waals surface area contributed by atoms with Gasteiger partial charge in [0, 0.05) is 17.9 Å². The molecule has 0 atom stereocenters. The highest BCUT2D eigenvalue weighted by Gasteiger charge is 2.26. The zero-order valence-electron chi connectivity index (χ0n) is 9.64. The molecular formula is C11H16BrN3OS. The molecule has 17 heavy (non-hydrogen) atoms. The number of alkyl halides is 1. The third kappa shape index (κ3) is 3.25. The number of nitrogens with zero attached hydrogens (tertiary/aromatic N) is 3. The molecule has 1 heterocycles. The van der Waals surface area contributed by atoms with Crippen LogP contribution in [-0.4, -0.2) is 38.3 Å². The Balaban J connectivity index is 2.07. The molecule has 1 saturated carbocycles. The maximum absolute atomic E-state index is 12.3. The summed E-state index contributed by atoms with van der Waals surface area (Å²) in [5.74, 6) is 0.0892. The van der Waals surface area contributed by atoms with Crippen molar-refractivity contribution < 1.29 is 4.79 Å². The Kier molecular flexibility index (Phi) is 4.91. The van der Waals surface area contributed by atoms with Crippen LogP contribution in [-0.2, 0) is 0 Å². The van der Waals surface area contributed by atoms with E-state index in [1.807, 2.05) is 4.90 Å². The van der Waals surface area contributed by atoms with Gasteiger partial charge in [0.15, 0.2) is 0 Å². The Labute approximate surface area is 114 Å². The number of amides is 1. The molecule has 0 bridgehead atoms. The van der Waals surface area contributed by atoms with Crippen molar-refractivity contribution in [2.45, 2.75) is 38.1 Å². The van der Waals surface area contributed by atoms with Gasteiger partial charge in [-0.05, 0) is 24.4 Å². The van der Waals surface area contributed by atoms with Crippen LogP contribution in [0.2, 0.25) is 0 Å². The van der Waals surface area contributed by atoms with Gasteiger partial charge in [-0.1, -0.05) is 39.7 Å². The third-order valence-corrected chi connectivity index (χ3v) is 4.18. The van der Waals surface area contributed by atoms with Gasteiger partial charge in [0.1, 0.15) is 4.88 Å². The minimum absolute atomic E-state index is 0.0892. The van der Waals surface area contributed by atoms with E-state index >= 15 is 0 Å². The van der Waals surface area contributed by atoms with Crippen LogP contribution < -0.4 is 0 Å². The van der Waals surface area contributed by atoms with Gasteiger partial charge in [0.2, 0.25) is 0 Å². The highest BCUT2D eigenvalue weighted by molar-refractivity contribution is 9.09. The molecule has 0 N–H and O–H groups in total. The Morgan fingerprint density at radius 3 is 2.82 bits per heavy atom. The van der Waals surface area contributed by atoms with Gasteiger partial charge < -0.3 is 4.90 Å². The highest BCUT2D eigenvalue weighted by atomic mass is 79.9. The Hall–Kier alpha value is -0.490. The average molecular weight is 318 g/mol. The molecule has 1 aromatic rings. The molecule has 1 amide bonds. The van der Waals surface area contributed by atoms with Gasteiger partial charge in [-0.15, -0.1) is 5.10 Å². The van der Waals surface area contributed by atoms with Crippen LogP contribution in [0, 0.1) is 0 Å². The maximum Gasteiger partial charge on any atom is 0.267 e. The molecule has 4 nitrogen and oxygen atoms in total. The lowest BCUT2D eigenvalue weighted by Crippen LogP contribution is -2.42. The topological polar surface area (TPSA) is 46.1 Å². The first kappa shape index (κ1) is 13.0. The van der Waals surface area contributed by atoms with Crippen molar-refractivity contribution in [3.05, 3.63) is 11.1 Å². The number of hydrogen-bond acceptors (Lipinski definition) is 4. The molecule has 1 aliphatic rings. The average Bonchev–Trinajstić information content (AvgIpc) is 2.90. The molecule has 94 valence electrons. The van der Waals surface area contributed by atoms with Gasteiger partial charge in [-0.2, -0.15) is 0 Å². The predicted molar refractivity (Wildman–Crippen MR) is 71.6 cm³/mol. The number of hydrogen-bond donors (Lipinski definition) is 0. The maximum atomic E-state index is 12.3. The molecule has 0 radical (unpaired) electrons. The predicted octanol–water partition coefficient (Wildman–Crippen LogP) is 2.71. The first-order chi connectivity index (χ1) is 8.33. The van der Waals surface area contributed by atoms with Gasteiger partial charge >= 0.3 is 0 Å². The van der Waals surface area contributed by atoms with E-state index in [1.54, 1.807) is 6.20 Å². The highest BCUT2D eigenvalue weighted by Crippen LogP contribution is 2.24. The molecule has 2 rings (SSSR count). The minimum Gasteiger partial charge on any atom is -0.334 e. The van der Waals surface area contributed by atoms with E-state index in [1.165, 1.54) is 30.8 Å². The summed E-state index contributed by atoms with van der Waals surface area (Å²) in [7, 11) is 0. The second kappa shape index (κ2) is 6.44. The van der Waals surface area contributed by atoms with E-state index in [9.17, 15) is 4.79 Å². The fourth-order valence-electron chi connectivity index (χ4n) is 2.34. The fourth-order valence-corrected chi connectivity index (χ4v) is 3.19. The van der Waals surface area contributed by atoms with Crippen molar-refractivity contribution >= 4 is 33.4 Å². The van der Waals surface area contributed by atoms with Crippen molar-refractivity contribution in [3.8, 4) is 0 Å². The molecule has 0 unspecified atom stereocenters. The first-order valence-corrected chi connectivity index (χ1v) is 7.86. The van der Waals surface area contributed by atoms with Crippen LogP contribution in [0.1, 0.15) is 41.8 Å². The van der Waals surface area contributed by atoms with Crippen molar-refractivity contribution in [2.24, 2.45) is 0 Å². The smallest absolute Gasteiger partial charge is 0.267 e. The standard InChI is InChI=1S/C11H16BrN3OS/c12-6-7-15(9-4-2-1-3-5-9)11(16)10-8-13-14-17-10/h8-9H,1-7H2. The van der Waals surface area contributed by atoms with Crippen LogP contribution in [0.5, 0.6) is 0 Å². The summed E-state index contributed by atoms with van der Waals surface area (Å²) in [6.45, 7) is 0.765. The molecule has 1 fully saturated rings. The van der Waals surface area contributed by atoms with Crippen LogP contribution in [0.25, 0.3) is 0 Å². The summed E-state index contributed by atoms with van der Waals surface area (Å²) in [5.41, 5.74) is 0. The number of aromatic nitrogens is 2. The van der Waals surface area contributed by atoms with Gasteiger partial charge in [0.25, 0.3) is 5.91 Å². The van der Waals surface area contributed by atoms with E-state index < -0.39 is 0 Å². The van der Waals surface area contributed by atoms with E-state index in [0.29, 0.717) is 10.9 Å². The van der Waals surface area contributed by atoms with Crippen molar-refractivity contribution in [1.82, 2.24) is 14.5 Å². The lowest BCUT2D eigenvalue weighted by Gasteiger charge is -2.33. The van der Waals surface area contributed by atoms with Crippen LogP contribution in [0.15, 0.2) is 6.20 Å². The number of rotatable bonds is 4. The summed E-state index contributed by atoms with van der Waals surface area (Å²) < 4.78 is 3.76. The van der Waals surface area contributed by atoms with E-state index in [0.717, 1.165) is 24.7 Å². The van der Waals surface area contributed by atoms with E-state index in [-0.39, 0.29) is 5.91 Å². The van der Waals surface area contributed by atoms with Crippen molar-refractivity contribution in [2.75, 3.05) is 11.9 Å². The molecule has 0 aliphatic heterocycles. The van der Waals surface area contributed by atoms with E-state index in [4.69, 9.17) is 0 Å². The monoisotopic (exact) mass is 317 g/mol. The number of carbonyl (C=O) groups excluding carboxylic acids is 1. The van der Waals surface area contributed by atoms with Crippen LogP contribution >= 0.6 is 27.5 Å². The zero-order valence-corrected chi connectivity index (χ0v) is 12.0. The third-order valence-electron chi connectivity index (χ3n) is 3.17. The summed E-state index contributed by atoms with van der Waals surface area (Å²) in [6.07, 6.45) is 7.59. The number of halogens is 1. The van der Waals surface area contributed by atoms with Gasteiger partial charge in [-0.3, -0.25) is 4.79 Å². The van der Waals surface area contributed by atoms with Crippen molar-refractivity contribution in [1.29, 1.82) is 0 Å². The molecule has 1 aliphatic carbocycles. The molecule has 0 spiro atoms. The summed E-state index contributed by atoms with van der Waals surface area (Å²) in [4.78, 5) is 15.0. The summed E-state index contributed by atoms with van der Waals surface area (Å²) in [6, 6.07) is 0.399. The normalized spacial score (nSPS) is 17.0. The summed E-state index contributed by atoms with van der Waals surface area (Å²) >= 11 is 4.61. The summed E-state index contributed by atoms with van der Waals surface area (Å²) in [5, 5.41) is 4.56. The largest absolute Gasteiger partial charge is 0.334 e. The lowest BCUT2D eigenvalue weighted by molar-refractivity contribution is 0.0656. The van der Waals surface area contributed by atoms with Crippen molar-refractivity contribution in [3.63, 3.8) is 0 Å². The van der Waals surface area contributed by atoms with E-state index in [2.05, 4.69) is 25.5 Å². The quantitative estimate of drug-likeness (QED) is 0.802. The van der Waals surface area contributed by atoms with Gasteiger partial charge in [0.05, 0.1) is 6.20 Å². The molecule has 1 aromatic heterocycles. The molecule has 0 aromatic carbocycles. The Morgan fingerprint density at radius 1 is 1.47 bits per heavy atom. The molecule has 6 heteroatoms. The Morgan fingerprint density at radius 2 is 2.24 bits per heavy atom. The second-order valence-electron chi connectivity index (χ2n) is 4.26. The minimum atomic E-state index is 0.0892. The fraction of sp³-hybridized carbons (Fsp3) is 0.727. The zero-order chi connectivity index (χ0) is 12.1. The van der Waals surface area contributed by atoms with Gasteiger partial charge in [-0.25, -0.2) is 0 Å². The number of carbonyl (C=O) groups is 1. The lowest BCUT2D eigenvalue weighted by atomic mass is 9.94. The molecular weight excluding hydrogens is 302 g/mol. The first-order valence-electron chi connectivity index (χ1n) is 5.97. The SMILES string of the molecule is O=C(c1cnns1)N(CCBr)C1CCCCC1. The molecule has 0 saturated heterocycles. The Bertz CT molecular complexity index is 352. The van der Waals surface area contributed by atoms with Crippen LogP contribution in [0.4, 0.5) is 0 Å². The van der Waals surface area contributed by atoms with Crippen LogP contribution in [0.3, 0.4) is 0 Å². The second-order valence-corrected chi connectivity index (χ2v) is 5.84.